The molecule has 0 radical (unpaired) electrons. The smallest absolute Gasteiger partial charge is 0.264 e. The van der Waals surface area contributed by atoms with Crippen molar-refractivity contribution in [1.82, 2.24) is 4.72 Å². The highest BCUT2D eigenvalue weighted by Gasteiger charge is 2.45. The summed E-state index contributed by atoms with van der Waals surface area (Å²) in [5.41, 5.74) is 3.45. The highest BCUT2D eigenvalue weighted by molar-refractivity contribution is 7.90. The van der Waals surface area contributed by atoms with Crippen molar-refractivity contribution in [3.8, 4) is 5.75 Å². The number of aliphatic hydroxyl groups is 1. The van der Waals surface area contributed by atoms with Crippen LogP contribution < -0.4 is 14.4 Å². The maximum atomic E-state index is 13.4. The van der Waals surface area contributed by atoms with E-state index in [4.69, 9.17) is 16.3 Å². The van der Waals surface area contributed by atoms with Crippen molar-refractivity contribution in [2.24, 2.45) is 23.7 Å². The third kappa shape index (κ3) is 5.91. The molecule has 4 unspecified atom stereocenters. The number of hydrogen-bond acceptors (Lipinski definition) is 6. The minimum atomic E-state index is -3.88. The first-order valence-corrected chi connectivity index (χ1v) is 17.9. The van der Waals surface area contributed by atoms with Crippen LogP contribution in [0.2, 0.25) is 5.02 Å². The van der Waals surface area contributed by atoms with Gasteiger partial charge in [0.15, 0.2) is 0 Å². The molecule has 2 aromatic carbocycles. The van der Waals surface area contributed by atoms with Crippen LogP contribution in [0.15, 0.2) is 36.4 Å². The van der Waals surface area contributed by atoms with Crippen LogP contribution in [0.1, 0.15) is 87.2 Å². The summed E-state index contributed by atoms with van der Waals surface area (Å²) < 4.78 is 35.5. The molecule has 1 amide bonds. The van der Waals surface area contributed by atoms with E-state index in [9.17, 15) is 18.3 Å². The van der Waals surface area contributed by atoms with E-state index in [-0.39, 0.29) is 17.3 Å². The van der Waals surface area contributed by atoms with Gasteiger partial charge in [0, 0.05) is 29.1 Å². The van der Waals surface area contributed by atoms with Gasteiger partial charge in [0.1, 0.15) is 5.75 Å². The first kappa shape index (κ1) is 30.7. The number of aliphatic hydroxyl groups excluding tert-OH is 1. The number of sulfonamides is 1. The minimum Gasteiger partial charge on any atom is -0.490 e. The number of nitrogens with zero attached hydrogens (tertiary/aromatic N) is 1. The average Bonchev–Trinajstić information content (AvgIpc) is 3.10. The van der Waals surface area contributed by atoms with Crippen molar-refractivity contribution in [2.75, 3.05) is 24.6 Å². The highest BCUT2D eigenvalue weighted by Crippen LogP contribution is 2.48. The molecule has 0 aromatic heterocycles. The van der Waals surface area contributed by atoms with Crippen molar-refractivity contribution in [3.05, 3.63) is 58.1 Å². The number of nitrogens with one attached hydrogen (secondary N) is 1. The maximum absolute atomic E-state index is 13.4. The van der Waals surface area contributed by atoms with E-state index in [1.807, 2.05) is 32.0 Å². The lowest BCUT2D eigenvalue weighted by molar-refractivity contribution is 0.0112. The average molecular weight is 629 g/mol. The molecule has 2 aromatic rings. The summed E-state index contributed by atoms with van der Waals surface area (Å²) in [7, 11) is -3.88. The zero-order valence-corrected chi connectivity index (χ0v) is 27.1. The Morgan fingerprint density at radius 1 is 1.09 bits per heavy atom. The van der Waals surface area contributed by atoms with Crippen molar-refractivity contribution in [1.29, 1.82) is 0 Å². The van der Waals surface area contributed by atoms with E-state index in [0.717, 1.165) is 75.2 Å². The number of carbonyl (C=O) groups is 1. The van der Waals surface area contributed by atoms with Crippen LogP contribution in [0, 0.1) is 23.7 Å². The molecule has 1 fully saturated rings. The van der Waals surface area contributed by atoms with Gasteiger partial charge in [-0.1, -0.05) is 31.0 Å². The number of rotatable bonds is 1. The van der Waals surface area contributed by atoms with Gasteiger partial charge in [-0.05, 0) is 124 Å². The van der Waals surface area contributed by atoms with Crippen molar-refractivity contribution >= 4 is 33.2 Å². The molecule has 4 aliphatic rings. The van der Waals surface area contributed by atoms with Crippen LogP contribution in [0.3, 0.4) is 0 Å². The predicted octanol–water partition coefficient (Wildman–Crippen LogP) is 6.10. The van der Waals surface area contributed by atoms with E-state index in [1.165, 1.54) is 11.1 Å². The van der Waals surface area contributed by atoms with E-state index in [2.05, 4.69) is 21.8 Å². The highest BCUT2D eigenvalue weighted by atomic mass is 35.5. The molecule has 2 aliphatic carbocycles. The summed E-state index contributed by atoms with van der Waals surface area (Å²) in [6, 6.07) is 11.5. The van der Waals surface area contributed by atoms with Crippen LogP contribution in [0.25, 0.3) is 0 Å². The number of aryl methyl sites for hydroxylation is 1. The van der Waals surface area contributed by atoms with Crippen LogP contribution in [-0.4, -0.2) is 50.5 Å². The Kier molecular flexibility index (Phi) is 8.50. The lowest BCUT2D eigenvalue weighted by atomic mass is 9.64. The predicted molar refractivity (Wildman–Crippen MR) is 170 cm³/mol. The first-order valence-electron chi connectivity index (χ1n) is 16.0. The molecular weight excluding hydrogens is 584 g/mol. The van der Waals surface area contributed by atoms with Gasteiger partial charge in [-0.2, -0.15) is 0 Å². The molecule has 1 saturated carbocycles. The maximum Gasteiger partial charge on any atom is 0.264 e. The second-order valence-corrected chi connectivity index (χ2v) is 16.3. The van der Waals surface area contributed by atoms with E-state index < -0.39 is 27.3 Å². The van der Waals surface area contributed by atoms with Gasteiger partial charge in [0.05, 0.1) is 23.6 Å². The fourth-order valence-electron chi connectivity index (χ4n) is 8.23. The fourth-order valence-corrected chi connectivity index (χ4v) is 9.74. The summed E-state index contributed by atoms with van der Waals surface area (Å²) in [5, 5.41) is 10.9. The van der Waals surface area contributed by atoms with Gasteiger partial charge in [-0.3, -0.25) is 4.79 Å². The molecule has 2 heterocycles. The molecule has 43 heavy (non-hydrogen) atoms. The monoisotopic (exact) mass is 628 g/mol. The molecule has 2 bridgehead atoms. The normalized spacial score (nSPS) is 33.2. The second kappa shape index (κ2) is 11.9. The number of amides is 1. The lowest BCUT2D eigenvalue weighted by Crippen LogP contribution is -2.49. The molecule has 7 nitrogen and oxygen atoms in total. The Bertz CT molecular complexity index is 1480. The van der Waals surface area contributed by atoms with Gasteiger partial charge < -0.3 is 14.7 Å². The third-order valence-corrected chi connectivity index (χ3v) is 13.3. The zero-order chi connectivity index (χ0) is 30.5. The lowest BCUT2D eigenvalue weighted by Gasteiger charge is -2.47. The number of hydrogen-bond donors (Lipinski definition) is 2. The van der Waals surface area contributed by atoms with Crippen LogP contribution >= 0.6 is 11.6 Å². The van der Waals surface area contributed by atoms with E-state index in [0.29, 0.717) is 29.8 Å². The fraction of sp³-hybridized carbons (Fsp3) is 0.618. The van der Waals surface area contributed by atoms with Crippen LogP contribution in [-0.2, 0) is 21.9 Å². The summed E-state index contributed by atoms with van der Waals surface area (Å²) in [4.78, 5) is 15.8. The van der Waals surface area contributed by atoms with Crippen molar-refractivity contribution in [3.63, 3.8) is 0 Å². The molecule has 6 rings (SSSR count). The molecule has 2 N–H and O–H groups in total. The number of anilines is 1. The van der Waals surface area contributed by atoms with Crippen molar-refractivity contribution < 1.29 is 23.1 Å². The number of carbonyl (C=O) groups excluding carboxylic acids is 1. The Balaban J connectivity index is 1.42. The van der Waals surface area contributed by atoms with Gasteiger partial charge in [-0.25, -0.2) is 13.1 Å². The number of benzene rings is 2. The van der Waals surface area contributed by atoms with Gasteiger partial charge >= 0.3 is 0 Å². The topological polar surface area (TPSA) is 95.9 Å². The Morgan fingerprint density at radius 2 is 1.91 bits per heavy atom. The minimum absolute atomic E-state index is 0.120. The Labute approximate surface area is 261 Å². The molecule has 7 atom stereocenters. The van der Waals surface area contributed by atoms with E-state index >= 15 is 0 Å². The van der Waals surface area contributed by atoms with Crippen LogP contribution in [0.4, 0.5) is 5.69 Å². The van der Waals surface area contributed by atoms with Crippen LogP contribution in [0.5, 0.6) is 5.75 Å². The van der Waals surface area contributed by atoms with Gasteiger partial charge in [0.25, 0.3) is 5.91 Å². The SMILES string of the molecule is CC1CCC[C@@H]([C@@H](C)O)C2CCC2CN2C[C@@]3(CCCc4cc(Cl)ccc43)COc3ccc(cc32)C(=O)NS(=O)(=O)C1C. The second-order valence-electron chi connectivity index (χ2n) is 13.8. The van der Waals surface area contributed by atoms with Gasteiger partial charge in [-0.15, -0.1) is 0 Å². The number of fused-ring (bicyclic) bond motifs is 4. The zero-order valence-electron chi connectivity index (χ0n) is 25.5. The van der Waals surface area contributed by atoms with E-state index in [1.54, 1.807) is 13.0 Å². The number of ether oxygens (including phenoxy) is 1. The summed E-state index contributed by atoms with van der Waals surface area (Å²) >= 11 is 6.41. The molecule has 9 heteroatoms. The van der Waals surface area contributed by atoms with Gasteiger partial charge in [0.2, 0.25) is 10.0 Å². The standard InChI is InChI=1S/C34H45ClN2O5S/c1-21-6-4-8-28(22(2)38)29-12-9-26(29)18-37-19-34(15-5-7-24-16-27(35)11-13-30(24)34)20-42-32-14-10-25(17-31(32)37)33(39)36-43(40,41)23(21)3/h10-11,13-14,16-17,21-23,26,28-29,38H,4-9,12,15,18-20H2,1-3H3,(H,36,39)/t21?,22-,23?,26?,28+,29?,34+/m1/s1. The summed E-state index contributed by atoms with van der Waals surface area (Å²) in [6.45, 7) is 7.57. The largest absolute Gasteiger partial charge is 0.490 e. The molecule has 234 valence electrons. The summed E-state index contributed by atoms with van der Waals surface area (Å²) in [5.74, 6) is 0.968. The Hall–Kier alpha value is -2.29. The molecule has 1 spiro atoms. The third-order valence-electron chi connectivity index (χ3n) is 11.1. The first-order chi connectivity index (χ1) is 20.5. The molecule has 2 aliphatic heterocycles. The Morgan fingerprint density at radius 3 is 2.65 bits per heavy atom. The quantitative estimate of drug-likeness (QED) is 0.396. The molecule has 0 saturated heterocycles. The van der Waals surface area contributed by atoms with Crippen molar-refractivity contribution in [2.45, 2.75) is 88.9 Å². The molecular formula is C34H45ClN2O5S. The summed E-state index contributed by atoms with van der Waals surface area (Å²) in [6.07, 6.45) is 7.22. The number of halogens is 1.